The van der Waals surface area contributed by atoms with Gasteiger partial charge in [-0.25, -0.2) is 0 Å². The molecule has 1 nitrogen and oxygen atoms in total. The minimum absolute atomic E-state index is 0. The Kier molecular flexibility index (Phi) is 2.78. The Morgan fingerprint density at radius 3 is 2.69 bits per heavy atom. The summed E-state index contributed by atoms with van der Waals surface area (Å²) < 4.78 is 9.42. The average Bonchev–Trinajstić information content (AvgIpc) is 2.18. The molecule has 0 amide bonds. The number of para-hydroxylation sites is 1. The van der Waals surface area contributed by atoms with E-state index >= 15 is 0 Å². The molecule has 0 N–H and O–H groups in total. The molecule has 0 fully saturated rings. The quantitative estimate of drug-likeness (QED) is 0.431. The van der Waals surface area contributed by atoms with Gasteiger partial charge in [0.1, 0.15) is 8.39 Å². The molecule has 0 saturated carbocycles. The maximum Gasteiger partial charge on any atom is 0.212 e. The lowest BCUT2D eigenvalue weighted by Crippen LogP contribution is -3.00. The van der Waals surface area contributed by atoms with Crippen molar-refractivity contribution in [2.24, 2.45) is 7.02 Å². The van der Waals surface area contributed by atoms with E-state index in [-0.39, 0.29) is 31.0 Å². The van der Waals surface area contributed by atoms with Crippen LogP contribution in [0.4, 0.5) is 0 Å². The number of halogens is 1. The van der Waals surface area contributed by atoms with Gasteiger partial charge in [-0.1, -0.05) is 12.1 Å². The van der Waals surface area contributed by atoms with Crippen LogP contribution in [-0.4, -0.2) is 0 Å². The molecule has 2 aromatic rings. The van der Waals surface area contributed by atoms with Gasteiger partial charge in [-0.15, -0.1) is 0 Å². The van der Waals surface area contributed by atoms with Crippen LogP contribution >= 0.6 is 0 Å². The van der Waals surface area contributed by atoms with Gasteiger partial charge >= 0.3 is 0 Å². The van der Waals surface area contributed by atoms with E-state index in [4.69, 9.17) is 1.37 Å². The first-order chi connectivity index (χ1) is 6.33. The highest BCUT2D eigenvalue weighted by Gasteiger charge is 2.05. The minimum Gasteiger partial charge on any atom is -1.00 e. The van der Waals surface area contributed by atoms with Crippen LogP contribution < -0.4 is 28.5 Å². The molecule has 0 aliphatic carbocycles. The number of pyridine rings is 1. The Hall–Kier alpha value is -0.640. The second-order valence-electron chi connectivity index (χ2n) is 2.96. The summed E-state index contributed by atoms with van der Waals surface area (Å²) in [7, 11) is 0.285. The van der Waals surface area contributed by atoms with E-state index in [1.54, 1.807) is 0 Å². The molecule has 1 heterocycles. The second kappa shape index (κ2) is 4.05. The highest BCUT2D eigenvalue weighted by molar-refractivity contribution is 5.75. The Bertz CT molecular complexity index is 442. The number of benzene rings is 1. The van der Waals surface area contributed by atoms with Gasteiger partial charge in [0.25, 0.3) is 0 Å². The first-order valence-electron chi connectivity index (χ1n) is 4.71. The third-order valence-electron chi connectivity index (χ3n) is 2.16. The molecule has 0 spiro atoms. The highest BCUT2D eigenvalue weighted by atomic mass is 127. The molecule has 1 aromatic heterocycles. The van der Waals surface area contributed by atoms with Crippen LogP contribution in [0.1, 0.15) is 7.06 Å². The van der Waals surface area contributed by atoms with E-state index in [9.17, 15) is 0 Å². The molecule has 1 aromatic carbocycles. The maximum absolute atomic E-state index is 7.43. The Morgan fingerprint density at radius 2 is 1.92 bits per heavy atom. The van der Waals surface area contributed by atoms with Crippen LogP contribution in [0.25, 0.3) is 10.9 Å². The van der Waals surface area contributed by atoms with Crippen molar-refractivity contribution in [3.05, 3.63) is 42.1 Å². The van der Waals surface area contributed by atoms with Crippen molar-refractivity contribution < 1.29 is 29.9 Å². The van der Waals surface area contributed by atoms with Gasteiger partial charge in [-0.3, -0.25) is 0 Å². The van der Waals surface area contributed by atoms with Crippen LogP contribution in [0.5, 0.6) is 0 Å². The maximum atomic E-state index is 7.43. The Labute approximate surface area is 96.8 Å². The van der Waals surface area contributed by atoms with Crippen LogP contribution in [0, 0.1) is 6.92 Å². The zero-order valence-corrected chi connectivity index (χ0v) is 9.65. The standard InChI is InChI=1S/C11H12N.HI/c1-9-7-8-10-5-3-4-6-11(10)12(9)2;/h3-8H,1-2H3;1H/q+1;/p-1/i2D;. The zero-order valence-electron chi connectivity index (χ0n) is 8.50. The van der Waals surface area contributed by atoms with Gasteiger partial charge in [0.05, 0.1) is 0 Å². The smallest absolute Gasteiger partial charge is 0.212 e. The number of hydrogen-bond donors (Lipinski definition) is 0. The SMILES string of the molecule is [2H]C[n+]1c(C)ccc2ccccc21.[I-]. The van der Waals surface area contributed by atoms with Gasteiger partial charge in [0.15, 0.2) is 5.69 Å². The monoisotopic (exact) mass is 286 g/mol. The van der Waals surface area contributed by atoms with E-state index in [1.165, 1.54) is 5.39 Å². The molecule has 0 unspecified atom stereocenters. The zero-order chi connectivity index (χ0) is 9.26. The van der Waals surface area contributed by atoms with Crippen molar-refractivity contribution in [1.29, 1.82) is 0 Å². The predicted octanol–water partition coefficient (Wildman–Crippen LogP) is -1.02. The Morgan fingerprint density at radius 1 is 1.15 bits per heavy atom. The summed E-state index contributed by atoms with van der Waals surface area (Å²) in [5, 5.41) is 1.19. The largest absolute Gasteiger partial charge is 1.00 e. The average molecular weight is 286 g/mol. The molecular formula is C11H12IN. The van der Waals surface area contributed by atoms with Gasteiger partial charge in [-0.2, -0.15) is 4.57 Å². The van der Waals surface area contributed by atoms with Crippen molar-refractivity contribution in [3.8, 4) is 0 Å². The molecule has 2 heteroatoms. The lowest BCUT2D eigenvalue weighted by atomic mass is 10.2. The molecule has 0 atom stereocenters. The third kappa shape index (κ3) is 1.82. The first-order valence-corrected chi connectivity index (χ1v) is 4.00. The lowest BCUT2D eigenvalue weighted by molar-refractivity contribution is -0.651. The molecule has 0 aliphatic heterocycles. The molecular weight excluding hydrogens is 273 g/mol. The number of fused-ring (bicyclic) bond motifs is 1. The number of aromatic nitrogens is 1. The number of aryl methyl sites for hydroxylation is 2. The fourth-order valence-electron chi connectivity index (χ4n) is 1.36. The molecule has 0 radical (unpaired) electrons. The van der Waals surface area contributed by atoms with Crippen molar-refractivity contribution in [1.82, 2.24) is 0 Å². The number of rotatable bonds is 0. The molecule has 0 bridgehead atoms. The summed E-state index contributed by atoms with van der Waals surface area (Å²) in [4.78, 5) is 0. The molecule has 0 aliphatic rings. The Balaban J connectivity index is 0.000000980. The normalized spacial score (nSPS) is 10.7. The van der Waals surface area contributed by atoms with Crippen molar-refractivity contribution >= 4 is 10.9 Å². The summed E-state index contributed by atoms with van der Waals surface area (Å²) in [6.07, 6.45) is 0. The van der Waals surface area contributed by atoms with Gasteiger partial charge in [-0.05, 0) is 12.1 Å². The fraction of sp³-hybridized carbons (Fsp3) is 0.182. The molecule has 13 heavy (non-hydrogen) atoms. The number of nitrogens with zero attached hydrogens (tertiary/aromatic N) is 1. The van der Waals surface area contributed by atoms with Gasteiger partial charge in [0.2, 0.25) is 5.52 Å². The van der Waals surface area contributed by atoms with Crippen LogP contribution in [0.2, 0.25) is 0 Å². The summed E-state index contributed by atoms with van der Waals surface area (Å²) in [6, 6.07) is 12.3. The van der Waals surface area contributed by atoms with Crippen LogP contribution in [0.3, 0.4) is 0 Å². The van der Waals surface area contributed by atoms with E-state index in [0.717, 1.165) is 11.2 Å². The summed E-state index contributed by atoms with van der Waals surface area (Å²) >= 11 is 0. The van der Waals surface area contributed by atoms with Gasteiger partial charge < -0.3 is 24.0 Å². The molecule has 2 rings (SSSR count). The summed E-state index contributed by atoms with van der Waals surface area (Å²) in [5.41, 5.74) is 2.27. The predicted molar refractivity (Wildman–Crippen MR) is 49.9 cm³/mol. The van der Waals surface area contributed by atoms with E-state index in [2.05, 4.69) is 24.3 Å². The minimum atomic E-state index is 0. The van der Waals surface area contributed by atoms with E-state index < -0.39 is 0 Å². The topological polar surface area (TPSA) is 3.88 Å². The third-order valence-corrected chi connectivity index (χ3v) is 2.16. The van der Waals surface area contributed by atoms with Crippen molar-refractivity contribution in [2.75, 3.05) is 0 Å². The number of hydrogen-bond acceptors (Lipinski definition) is 0. The van der Waals surface area contributed by atoms with E-state index in [1.807, 2.05) is 23.6 Å². The van der Waals surface area contributed by atoms with E-state index in [0.29, 0.717) is 0 Å². The van der Waals surface area contributed by atoms with Gasteiger partial charge in [0, 0.05) is 24.4 Å². The van der Waals surface area contributed by atoms with Crippen LogP contribution in [-0.2, 0) is 7.02 Å². The second-order valence-corrected chi connectivity index (χ2v) is 2.96. The fourth-order valence-corrected chi connectivity index (χ4v) is 1.36. The first kappa shape index (κ1) is 8.94. The summed E-state index contributed by atoms with van der Waals surface area (Å²) in [6.45, 7) is 2.03. The summed E-state index contributed by atoms with van der Waals surface area (Å²) in [5.74, 6) is 0. The van der Waals surface area contributed by atoms with Crippen molar-refractivity contribution in [2.45, 2.75) is 6.92 Å². The van der Waals surface area contributed by atoms with Crippen LogP contribution in [0.15, 0.2) is 36.4 Å². The lowest BCUT2D eigenvalue weighted by Gasteiger charge is -1.97. The highest BCUT2D eigenvalue weighted by Crippen LogP contribution is 2.08. The van der Waals surface area contributed by atoms with Crippen molar-refractivity contribution in [3.63, 3.8) is 0 Å². The molecule has 68 valence electrons. The molecule has 0 saturated heterocycles.